The number of hydrogen-bond donors (Lipinski definition) is 2. The van der Waals surface area contributed by atoms with Gasteiger partial charge in [0.25, 0.3) is 0 Å². The third-order valence-corrected chi connectivity index (χ3v) is 3.80. The average Bonchev–Trinajstić information content (AvgIpc) is 2.60. The van der Waals surface area contributed by atoms with Crippen LogP contribution in [0.15, 0.2) is 48.5 Å². The molecule has 2 aromatic rings. The van der Waals surface area contributed by atoms with Crippen molar-refractivity contribution in [3.05, 3.63) is 53.6 Å². The number of benzene rings is 2. The Morgan fingerprint density at radius 1 is 1.12 bits per heavy atom. The molecule has 6 nitrogen and oxygen atoms in total. The lowest BCUT2D eigenvalue weighted by Crippen LogP contribution is -2.40. The van der Waals surface area contributed by atoms with Crippen molar-refractivity contribution in [3.8, 4) is 5.75 Å². The van der Waals surface area contributed by atoms with Crippen molar-refractivity contribution in [1.29, 1.82) is 0 Å². The van der Waals surface area contributed by atoms with E-state index in [-0.39, 0.29) is 18.6 Å². The molecule has 0 unspecified atom stereocenters. The molecule has 0 saturated heterocycles. The molecule has 0 atom stereocenters. The fourth-order valence-corrected chi connectivity index (χ4v) is 2.34. The number of hydrogen-bond acceptors (Lipinski definition) is 4. The number of urea groups is 1. The molecule has 0 aliphatic carbocycles. The van der Waals surface area contributed by atoms with Crippen LogP contribution in [0.5, 0.6) is 5.75 Å². The van der Waals surface area contributed by atoms with Crippen molar-refractivity contribution in [3.63, 3.8) is 0 Å². The van der Waals surface area contributed by atoms with Crippen LogP contribution in [0, 0.1) is 0 Å². The first kappa shape index (κ1) is 19.6. The molecule has 0 aliphatic rings. The van der Waals surface area contributed by atoms with Crippen LogP contribution in [0.2, 0.25) is 5.02 Å². The largest absolute Gasteiger partial charge is 0.425 e. The lowest BCUT2D eigenvalue weighted by molar-refractivity contribution is -0.132. The number of amides is 2. The Labute approximate surface area is 158 Å². The third kappa shape index (κ3) is 5.67. The van der Waals surface area contributed by atoms with Crippen molar-refractivity contribution < 1.29 is 14.3 Å². The molecule has 7 heteroatoms. The number of anilines is 2. The molecule has 0 saturated carbocycles. The van der Waals surface area contributed by atoms with Gasteiger partial charge in [0.2, 0.25) is 0 Å². The molecule has 0 radical (unpaired) electrons. The van der Waals surface area contributed by atoms with Gasteiger partial charge in [-0.05, 0) is 50.2 Å². The van der Waals surface area contributed by atoms with Gasteiger partial charge in [0, 0.05) is 18.8 Å². The SMILES string of the molecule is CC(C)NC(=O)N(C)c1ccc(OC(=O)CNc2ccccc2Cl)cc1. The second-order valence-electron chi connectivity index (χ2n) is 5.96. The lowest BCUT2D eigenvalue weighted by Gasteiger charge is -2.20. The summed E-state index contributed by atoms with van der Waals surface area (Å²) in [4.78, 5) is 25.4. The van der Waals surface area contributed by atoms with Gasteiger partial charge < -0.3 is 15.4 Å². The van der Waals surface area contributed by atoms with Gasteiger partial charge in [-0.15, -0.1) is 0 Å². The normalized spacial score (nSPS) is 10.3. The van der Waals surface area contributed by atoms with Gasteiger partial charge in [0.1, 0.15) is 12.3 Å². The molecule has 0 aromatic heterocycles. The summed E-state index contributed by atoms with van der Waals surface area (Å²) in [5.74, 6) is -0.0408. The molecule has 138 valence electrons. The molecule has 0 fully saturated rings. The molecule has 26 heavy (non-hydrogen) atoms. The van der Waals surface area contributed by atoms with Gasteiger partial charge in [-0.2, -0.15) is 0 Å². The number of nitrogens with one attached hydrogen (secondary N) is 2. The number of halogens is 1. The van der Waals surface area contributed by atoms with Gasteiger partial charge in [-0.3, -0.25) is 4.90 Å². The number of carbonyl (C=O) groups is 2. The maximum Gasteiger partial charge on any atom is 0.330 e. The summed E-state index contributed by atoms with van der Waals surface area (Å²) < 4.78 is 5.27. The Balaban J connectivity index is 1.89. The number of nitrogens with zero attached hydrogens (tertiary/aromatic N) is 1. The van der Waals surface area contributed by atoms with Crippen molar-refractivity contribution in [2.45, 2.75) is 19.9 Å². The van der Waals surface area contributed by atoms with Crippen LogP contribution in [0.25, 0.3) is 0 Å². The summed E-state index contributed by atoms with van der Waals surface area (Å²) in [5.41, 5.74) is 1.36. The zero-order valence-corrected chi connectivity index (χ0v) is 15.7. The van der Waals surface area contributed by atoms with Gasteiger partial charge in [0.15, 0.2) is 0 Å². The van der Waals surface area contributed by atoms with Gasteiger partial charge in [-0.1, -0.05) is 23.7 Å². The highest BCUT2D eigenvalue weighted by Gasteiger charge is 2.12. The molecule has 0 bridgehead atoms. The van der Waals surface area contributed by atoms with Crippen LogP contribution in [-0.2, 0) is 4.79 Å². The quantitative estimate of drug-likeness (QED) is 0.593. The molecule has 2 N–H and O–H groups in total. The predicted octanol–water partition coefficient (Wildman–Crippen LogP) is 3.91. The second-order valence-corrected chi connectivity index (χ2v) is 6.37. The summed E-state index contributed by atoms with van der Waals surface area (Å²) in [6.45, 7) is 3.78. The molecule has 2 rings (SSSR count). The molecule has 0 spiro atoms. The van der Waals surface area contributed by atoms with Crippen molar-refractivity contribution >= 4 is 35.0 Å². The van der Waals surface area contributed by atoms with Crippen LogP contribution in [0.1, 0.15) is 13.8 Å². The molecule has 0 aliphatic heterocycles. The number of carbonyl (C=O) groups excluding carboxylic acids is 2. The smallest absolute Gasteiger partial charge is 0.330 e. The zero-order valence-electron chi connectivity index (χ0n) is 15.0. The van der Waals surface area contributed by atoms with Crippen molar-refractivity contribution in [2.75, 3.05) is 23.8 Å². The molecule has 0 heterocycles. The van der Waals surface area contributed by atoms with Gasteiger partial charge >= 0.3 is 12.0 Å². The van der Waals surface area contributed by atoms with E-state index in [9.17, 15) is 9.59 Å². The highest BCUT2D eigenvalue weighted by molar-refractivity contribution is 6.33. The summed E-state index contributed by atoms with van der Waals surface area (Å²) in [6, 6.07) is 13.7. The standard InChI is InChI=1S/C19H22ClN3O3/c1-13(2)22-19(25)23(3)14-8-10-15(11-9-14)26-18(24)12-21-17-7-5-4-6-16(17)20/h4-11,13,21H,12H2,1-3H3,(H,22,25). The summed E-state index contributed by atoms with van der Waals surface area (Å²) in [5, 5.41) is 6.27. The lowest BCUT2D eigenvalue weighted by atomic mass is 10.3. The van der Waals surface area contributed by atoms with E-state index < -0.39 is 5.97 Å². The van der Waals surface area contributed by atoms with E-state index in [1.807, 2.05) is 26.0 Å². The second kappa shape index (κ2) is 9.10. The maximum atomic E-state index is 12.0. The number of para-hydroxylation sites is 1. The highest BCUT2D eigenvalue weighted by Crippen LogP contribution is 2.21. The molecular weight excluding hydrogens is 354 g/mol. The first-order chi connectivity index (χ1) is 12.4. The van der Waals surface area contributed by atoms with E-state index in [0.29, 0.717) is 22.1 Å². The Morgan fingerprint density at radius 3 is 2.38 bits per heavy atom. The van der Waals surface area contributed by atoms with E-state index in [2.05, 4.69) is 10.6 Å². The third-order valence-electron chi connectivity index (χ3n) is 3.47. The van der Waals surface area contributed by atoms with Crippen LogP contribution < -0.4 is 20.3 Å². The Kier molecular flexibility index (Phi) is 6.86. The maximum absolute atomic E-state index is 12.0. The molecular formula is C19H22ClN3O3. The highest BCUT2D eigenvalue weighted by atomic mass is 35.5. The first-order valence-corrected chi connectivity index (χ1v) is 8.58. The fourth-order valence-electron chi connectivity index (χ4n) is 2.14. The minimum atomic E-state index is -0.441. The first-order valence-electron chi connectivity index (χ1n) is 8.20. The Bertz CT molecular complexity index is 763. The van der Waals surface area contributed by atoms with Crippen molar-refractivity contribution in [1.82, 2.24) is 5.32 Å². The Morgan fingerprint density at radius 2 is 1.77 bits per heavy atom. The average molecular weight is 376 g/mol. The minimum absolute atomic E-state index is 0.0117. The monoisotopic (exact) mass is 375 g/mol. The van der Waals surface area contributed by atoms with E-state index in [4.69, 9.17) is 16.3 Å². The Hall–Kier alpha value is -2.73. The zero-order chi connectivity index (χ0) is 19.1. The van der Waals surface area contributed by atoms with Gasteiger partial charge in [0.05, 0.1) is 10.7 Å². The number of esters is 1. The molecule has 2 aromatic carbocycles. The van der Waals surface area contributed by atoms with E-state index in [1.165, 1.54) is 4.90 Å². The summed E-state index contributed by atoms with van der Waals surface area (Å²) in [7, 11) is 1.67. The van der Waals surface area contributed by atoms with E-state index in [1.54, 1.807) is 43.4 Å². The van der Waals surface area contributed by atoms with E-state index >= 15 is 0 Å². The van der Waals surface area contributed by atoms with Crippen molar-refractivity contribution in [2.24, 2.45) is 0 Å². The molecule has 2 amide bonds. The minimum Gasteiger partial charge on any atom is -0.425 e. The van der Waals surface area contributed by atoms with Crippen LogP contribution in [0.4, 0.5) is 16.2 Å². The van der Waals surface area contributed by atoms with Gasteiger partial charge in [-0.25, -0.2) is 9.59 Å². The van der Waals surface area contributed by atoms with Crippen LogP contribution >= 0.6 is 11.6 Å². The predicted molar refractivity (Wildman–Crippen MR) is 104 cm³/mol. The summed E-state index contributed by atoms with van der Waals surface area (Å²) in [6.07, 6.45) is 0. The van der Waals surface area contributed by atoms with E-state index in [0.717, 1.165) is 0 Å². The van der Waals surface area contributed by atoms with Crippen LogP contribution in [0.3, 0.4) is 0 Å². The number of rotatable bonds is 6. The fraction of sp³-hybridized carbons (Fsp3) is 0.263. The topological polar surface area (TPSA) is 70.7 Å². The summed E-state index contributed by atoms with van der Waals surface area (Å²) >= 11 is 6.02. The number of ether oxygens (including phenoxy) is 1. The van der Waals surface area contributed by atoms with Crippen LogP contribution in [-0.4, -0.2) is 31.6 Å².